The lowest BCUT2D eigenvalue weighted by atomic mass is 9.60. The van der Waals surface area contributed by atoms with Gasteiger partial charge in [-0.2, -0.15) is 0 Å². The molecule has 1 saturated carbocycles. The first-order valence-electron chi connectivity index (χ1n) is 7.95. The number of rotatable bonds is 1. The molecule has 0 saturated heterocycles. The number of ketones is 1. The number of Topliss-reactive ketones (excluding diaryl/α,β-unsaturated/α-hetero) is 1. The van der Waals surface area contributed by atoms with Gasteiger partial charge >= 0.3 is 0 Å². The third kappa shape index (κ3) is 1.95. The van der Waals surface area contributed by atoms with Crippen molar-refractivity contribution in [2.24, 2.45) is 0 Å². The Morgan fingerprint density at radius 3 is 2.43 bits per heavy atom. The topological polar surface area (TPSA) is 17.1 Å². The van der Waals surface area contributed by atoms with Crippen LogP contribution in [0, 0.1) is 0 Å². The van der Waals surface area contributed by atoms with Gasteiger partial charge in [0.2, 0.25) is 0 Å². The number of hydrogen-bond donors (Lipinski definition) is 0. The number of aryl methyl sites for hydroxylation is 1. The lowest BCUT2D eigenvalue weighted by molar-refractivity contribution is -0.122. The molecular weight excluding hydrogens is 256 g/mol. The molecule has 0 amide bonds. The standard InChI is InChI=1S/C20H20O/c21-17-11-13-20(12-10-16-8-4-5-9-18(16)20)19(14-17)15-6-2-1-3-7-15/h1-9,19H,10-14H2. The molecule has 4 rings (SSSR count). The fourth-order valence-corrected chi connectivity index (χ4v) is 4.52. The summed E-state index contributed by atoms with van der Waals surface area (Å²) in [7, 11) is 0. The van der Waals surface area contributed by atoms with Gasteiger partial charge in [0.1, 0.15) is 5.78 Å². The minimum absolute atomic E-state index is 0.186. The summed E-state index contributed by atoms with van der Waals surface area (Å²) in [5.74, 6) is 0.780. The molecule has 0 aromatic heterocycles. The van der Waals surface area contributed by atoms with Crippen molar-refractivity contribution in [2.75, 3.05) is 0 Å². The Kier molecular flexibility index (Phi) is 2.95. The lowest BCUT2D eigenvalue weighted by Gasteiger charge is -2.42. The molecule has 2 aromatic carbocycles. The first kappa shape index (κ1) is 12.8. The van der Waals surface area contributed by atoms with Crippen molar-refractivity contribution >= 4 is 5.78 Å². The summed E-state index contributed by atoms with van der Waals surface area (Å²) in [5.41, 5.74) is 4.52. The molecule has 0 radical (unpaired) electrons. The Morgan fingerprint density at radius 2 is 1.57 bits per heavy atom. The summed E-state index contributed by atoms with van der Waals surface area (Å²) in [6, 6.07) is 19.5. The van der Waals surface area contributed by atoms with Gasteiger partial charge in [-0.05, 0) is 36.0 Å². The summed E-state index contributed by atoms with van der Waals surface area (Å²) < 4.78 is 0. The number of benzene rings is 2. The molecule has 1 spiro atoms. The minimum atomic E-state index is 0.186. The van der Waals surface area contributed by atoms with Crippen LogP contribution in [-0.2, 0) is 16.6 Å². The number of hydrogen-bond acceptors (Lipinski definition) is 1. The lowest BCUT2D eigenvalue weighted by Crippen LogP contribution is -2.37. The van der Waals surface area contributed by atoms with Crippen molar-refractivity contribution in [1.82, 2.24) is 0 Å². The zero-order chi connectivity index (χ0) is 14.3. The van der Waals surface area contributed by atoms with E-state index in [2.05, 4.69) is 54.6 Å². The van der Waals surface area contributed by atoms with E-state index in [1.807, 2.05) is 0 Å². The number of carbonyl (C=O) groups is 1. The van der Waals surface area contributed by atoms with E-state index in [4.69, 9.17) is 0 Å². The van der Waals surface area contributed by atoms with Gasteiger partial charge in [0.15, 0.2) is 0 Å². The van der Waals surface area contributed by atoms with Crippen LogP contribution >= 0.6 is 0 Å². The maximum absolute atomic E-state index is 12.1. The van der Waals surface area contributed by atoms with E-state index in [0.29, 0.717) is 18.1 Å². The van der Waals surface area contributed by atoms with Crippen molar-refractivity contribution in [1.29, 1.82) is 0 Å². The molecule has 1 nitrogen and oxygen atoms in total. The maximum Gasteiger partial charge on any atom is 0.133 e. The van der Waals surface area contributed by atoms with E-state index in [1.165, 1.54) is 23.1 Å². The first-order valence-corrected chi connectivity index (χ1v) is 7.95. The SMILES string of the molecule is O=C1CCC2(CCc3ccccc32)C(c2ccccc2)C1. The van der Waals surface area contributed by atoms with Crippen molar-refractivity contribution in [3.05, 3.63) is 71.3 Å². The van der Waals surface area contributed by atoms with E-state index < -0.39 is 0 Å². The molecule has 1 heteroatoms. The number of fused-ring (bicyclic) bond motifs is 2. The van der Waals surface area contributed by atoms with Crippen LogP contribution in [0.25, 0.3) is 0 Å². The van der Waals surface area contributed by atoms with Crippen LogP contribution in [0.5, 0.6) is 0 Å². The highest BCUT2D eigenvalue weighted by atomic mass is 16.1. The van der Waals surface area contributed by atoms with Gasteiger partial charge in [-0.3, -0.25) is 4.79 Å². The molecule has 1 fully saturated rings. The Hall–Kier alpha value is -1.89. The third-order valence-corrected chi connectivity index (χ3v) is 5.54. The second kappa shape index (κ2) is 4.84. The molecule has 0 aliphatic heterocycles. The van der Waals surface area contributed by atoms with E-state index in [1.54, 1.807) is 0 Å². The molecule has 0 N–H and O–H groups in total. The Morgan fingerprint density at radius 1 is 0.857 bits per heavy atom. The van der Waals surface area contributed by atoms with E-state index in [0.717, 1.165) is 19.3 Å². The molecule has 2 aromatic rings. The summed E-state index contributed by atoms with van der Waals surface area (Å²) in [6.07, 6.45) is 4.82. The summed E-state index contributed by atoms with van der Waals surface area (Å²) in [4.78, 5) is 12.1. The fraction of sp³-hybridized carbons (Fsp3) is 0.350. The van der Waals surface area contributed by atoms with Crippen LogP contribution in [0.3, 0.4) is 0 Å². The summed E-state index contributed by atoms with van der Waals surface area (Å²) in [5, 5.41) is 0. The molecule has 0 heterocycles. The highest BCUT2D eigenvalue weighted by Gasteiger charge is 2.48. The normalized spacial score (nSPS) is 27.8. The van der Waals surface area contributed by atoms with E-state index in [-0.39, 0.29) is 5.41 Å². The highest BCUT2D eigenvalue weighted by molar-refractivity contribution is 5.81. The van der Waals surface area contributed by atoms with E-state index in [9.17, 15) is 4.79 Å². The first-order chi connectivity index (χ1) is 10.3. The monoisotopic (exact) mass is 276 g/mol. The van der Waals surface area contributed by atoms with Crippen LogP contribution in [0.15, 0.2) is 54.6 Å². The zero-order valence-electron chi connectivity index (χ0n) is 12.2. The molecule has 21 heavy (non-hydrogen) atoms. The minimum Gasteiger partial charge on any atom is -0.300 e. The van der Waals surface area contributed by atoms with Gasteiger partial charge in [0, 0.05) is 24.2 Å². The largest absolute Gasteiger partial charge is 0.300 e. The van der Waals surface area contributed by atoms with Crippen molar-refractivity contribution in [2.45, 2.75) is 43.4 Å². The second-order valence-electron chi connectivity index (χ2n) is 6.52. The Balaban J connectivity index is 1.85. The maximum atomic E-state index is 12.1. The van der Waals surface area contributed by atoms with Crippen LogP contribution in [0.1, 0.15) is 48.3 Å². The second-order valence-corrected chi connectivity index (χ2v) is 6.52. The van der Waals surface area contributed by atoms with Crippen LogP contribution in [0.4, 0.5) is 0 Å². The average molecular weight is 276 g/mol. The summed E-state index contributed by atoms with van der Waals surface area (Å²) in [6.45, 7) is 0. The Labute approximate surface area is 126 Å². The molecule has 2 aliphatic carbocycles. The van der Waals surface area contributed by atoms with Crippen LogP contribution < -0.4 is 0 Å². The third-order valence-electron chi connectivity index (χ3n) is 5.54. The molecular formula is C20H20O. The van der Waals surface area contributed by atoms with Crippen LogP contribution in [-0.4, -0.2) is 5.78 Å². The molecule has 2 atom stereocenters. The molecule has 106 valence electrons. The fourth-order valence-electron chi connectivity index (χ4n) is 4.52. The van der Waals surface area contributed by atoms with Gasteiger partial charge < -0.3 is 0 Å². The van der Waals surface area contributed by atoms with Gasteiger partial charge in [-0.25, -0.2) is 0 Å². The van der Waals surface area contributed by atoms with Gasteiger partial charge in [0.05, 0.1) is 0 Å². The van der Waals surface area contributed by atoms with Gasteiger partial charge in [0.25, 0.3) is 0 Å². The van der Waals surface area contributed by atoms with Crippen molar-refractivity contribution in [3.63, 3.8) is 0 Å². The summed E-state index contributed by atoms with van der Waals surface area (Å²) >= 11 is 0. The van der Waals surface area contributed by atoms with Crippen LogP contribution in [0.2, 0.25) is 0 Å². The molecule has 0 bridgehead atoms. The zero-order valence-corrected chi connectivity index (χ0v) is 12.2. The predicted octanol–water partition coefficient (Wildman–Crippen LogP) is 4.41. The van der Waals surface area contributed by atoms with E-state index >= 15 is 0 Å². The van der Waals surface area contributed by atoms with Crippen molar-refractivity contribution < 1.29 is 4.79 Å². The quantitative estimate of drug-likeness (QED) is 0.754. The Bertz CT molecular complexity index is 673. The predicted molar refractivity (Wildman–Crippen MR) is 84.5 cm³/mol. The number of carbonyl (C=O) groups excluding carboxylic acids is 1. The van der Waals surface area contributed by atoms with Gasteiger partial charge in [-0.1, -0.05) is 54.6 Å². The van der Waals surface area contributed by atoms with Gasteiger partial charge in [-0.15, -0.1) is 0 Å². The molecule has 2 unspecified atom stereocenters. The smallest absolute Gasteiger partial charge is 0.133 e. The van der Waals surface area contributed by atoms with Crippen molar-refractivity contribution in [3.8, 4) is 0 Å². The highest BCUT2D eigenvalue weighted by Crippen LogP contribution is 2.55. The molecule has 2 aliphatic rings. The average Bonchev–Trinajstić information content (AvgIpc) is 2.91.